The quantitative estimate of drug-likeness (QED) is 0.570. The van der Waals surface area contributed by atoms with E-state index in [1.807, 2.05) is 35.6 Å². The summed E-state index contributed by atoms with van der Waals surface area (Å²) in [7, 11) is 0. The summed E-state index contributed by atoms with van der Waals surface area (Å²) in [5.74, 6) is -5.22. The van der Waals surface area contributed by atoms with Gasteiger partial charge in [-0.1, -0.05) is 30.3 Å². The van der Waals surface area contributed by atoms with Gasteiger partial charge in [-0.2, -0.15) is 0 Å². The third-order valence-corrected chi connectivity index (χ3v) is 3.50. The van der Waals surface area contributed by atoms with Crippen LogP contribution in [0.5, 0.6) is 0 Å². The Kier molecular flexibility index (Phi) is 3.83. The van der Waals surface area contributed by atoms with Gasteiger partial charge in [-0.25, -0.2) is 0 Å². The molecule has 1 aromatic rings. The molecule has 0 radical (unpaired) electrons. The fraction of sp³-hybridized carbons (Fsp3) is 0.333. The second kappa shape index (κ2) is 5.81. The van der Waals surface area contributed by atoms with Crippen molar-refractivity contribution in [1.82, 2.24) is 10.2 Å². The number of carbonyl (C=O) groups excluding carboxylic acids is 4. The van der Waals surface area contributed by atoms with Gasteiger partial charge in [-0.05, 0) is 5.56 Å². The van der Waals surface area contributed by atoms with Crippen LogP contribution in [-0.2, 0) is 35.2 Å². The first-order valence-electron chi connectivity index (χ1n) is 7.01. The van der Waals surface area contributed by atoms with E-state index < -0.39 is 36.0 Å². The lowest BCUT2D eigenvalue weighted by molar-refractivity contribution is -0.227. The molecule has 2 fully saturated rings. The molecular formula is C15H14N2O6. The van der Waals surface area contributed by atoms with Crippen LogP contribution >= 0.6 is 0 Å². The van der Waals surface area contributed by atoms with E-state index in [4.69, 9.17) is 9.47 Å². The number of nitrogens with one attached hydrogen (secondary N) is 1. The fourth-order valence-electron chi connectivity index (χ4n) is 2.55. The van der Waals surface area contributed by atoms with Gasteiger partial charge in [0.1, 0.15) is 6.42 Å². The number of amides is 2. The van der Waals surface area contributed by atoms with Crippen LogP contribution in [0, 0.1) is 0 Å². The van der Waals surface area contributed by atoms with Gasteiger partial charge < -0.3 is 9.47 Å². The molecule has 23 heavy (non-hydrogen) atoms. The number of esters is 2. The van der Waals surface area contributed by atoms with Gasteiger partial charge in [-0.15, -0.1) is 0 Å². The number of ether oxygens (including phenoxy) is 2. The molecule has 1 spiro atoms. The molecule has 0 atom stereocenters. The Labute approximate surface area is 131 Å². The molecule has 8 heteroatoms. The number of imide groups is 1. The lowest BCUT2D eigenvalue weighted by Gasteiger charge is -2.31. The van der Waals surface area contributed by atoms with Crippen molar-refractivity contribution in [3.63, 3.8) is 0 Å². The molecule has 0 aromatic heterocycles. The predicted octanol–water partition coefficient (Wildman–Crippen LogP) is -0.669. The number of carbonyl (C=O) groups is 4. The molecule has 2 amide bonds. The van der Waals surface area contributed by atoms with Crippen LogP contribution in [0.25, 0.3) is 0 Å². The van der Waals surface area contributed by atoms with Crippen molar-refractivity contribution in [2.45, 2.75) is 18.8 Å². The summed E-state index contributed by atoms with van der Waals surface area (Å²) in [6.07, 6.45) is -0.512. The molecule has 0 aliphatic carbocycles. The van der Waals surface area contributed by atoms with Crippen LogP contribution in [0.15, 0.2) is 30.3 Å². The van der Waals surface area contributed by atoms with E-state index >= 15 is 0 Å². The van der Waals surface area contributed by atoms with Crippen molar-refractivity contribution in [2.24, 2.45) is 0 Å². The molecule has 3 rings (SSSR count). The lowest BCUT2D eigenvalue weighted by atomic mass is 10.2. The summed E-state index contributed by atoms with van der Waals surface area (Å²) < 4.78 is 10.0. The molecule has 2 heterocycles. The summed E-state index contributed by atoms with van der Waals surface area (Å²) in [6.45, 7) is -0.0242. The third-order valence-electron chi connectivity index (χ3n) is 3.50. The molecule has 1 N–H and O–H groups in total. The fourth-order valence-corrected chi connectivity index (χ4v) is 2.55. The largest absolute Gasteiger partial charge is 0.412 e. The highest BCUT2D eigenvalue weighted by Gasteiger charge is 2.55. The van der Waals surface area contributed by atoms with E-state index in [1.165, 1.54) is 0 Å². The van der Waals surface area contributed by atoms with Gasteiger partial charge in [-0.3, -0.25) is 29.4 Å². The highest BCUT2D eigenvalue weighted by Crippen LogP contribution is 2.26. The monoisotopic (exact) mass is 318 g/mol. The standard InChI is InChI=1S/C15H14N2O6/c18-11-6-15(14(21)16-11)22-12(19)8-17(9-13(20)23-15)7-10-4-2-1-3-5-10/h1-5H,6-9H2,(H,16,18,21). The second-order valence-electron chi connectivity index (χ2n) is 5.39. The van der Waals surface area contributed by atoms with E-state index in [2.05, 4.69) is 0 Å². The van der Waals surface area contributed by atoms with Crippen molar-refractivity contribution < 1.29 is 28.7 Å². The molecule has 2 aliphatic heterocycles. The Bertz CT molecular complexity index is 652. The summed E-state index contributed by atoms with van der Waals surface area (Å²) in [6, 6.07) is 9.28. The maximum atomic E-state index is 12.0. The minimum Gasteiger partial charge on any atom is -0.412 e. The first kappa shape index (κ1) is 15.2. The van der Waals surface area contributed by atoms with Crippen molar-refractivity contribution in [1.29, 1.82) is 0 Å². The summed E-state index contributed by atoms with van der Waals surface area (Å²) in [4.78, 5) is 48.7. The number of rotatable bonds is 2. The highest BCUT2D eigenvalue weighted by atomic mass is 16.7. The molecule has 2 saturated heterocycles. The molecular weight excluding hydrogens is 304 g/mol. The predicted molar refractivity (Wildman–Crippen MR) is 74.4 cm³/mol. The molecule has 120 valence electrons. The molecule has 0 bridgehead atoms. The van der Waals surface area contributed by atoms with Gasteiger partial charge in [0, 0.05) is 6.54 Å². The van der Waals surface area contributed by atoms with E-state index in [0.29, 0.717) is 6.54 Å². The first-order valence-corrected chi connectivity index (χ1v) is 7.01. The maximum Gasteiger partial charge on any atom is 0.345 e. The van der Waals surface area contributed by atoms with Crippen LogP contribution in [0.2, 0.25) is 0 Å². The Morgan fingerprint density at radius 3 is 2.13 bits per heavy atom. The summed E-state index contributed by atoms with van der Waals surface area (Å²) in [5.41, 5.74) is 0.914. The van der Waals surface area contributed by atoms with Gasteiger partial charge >= 0.3 is 23.6 Å². The number of hydrogen-bond acceptors (Lipinski definition) is 7. The van der Waals surface area contributed by atoms with Crippen molar-refractivity contribution in [2.75, 3.05) is 13.1 Å². The van der Waals surface area contributed by atoms with Gasteiger partial charge in [0.15, 0.2) is 0 Å². The Morgan fingerprint density at radius 1 is 1.00 bits per heavy atom. The van der Waals surface area contributed by atoms with Crippen LogP contribution in [0.3, 0.4) is 0 Å². The highest BCUT2D eigenvalue weighted by molar-refractivity contribution is 6.08. The minimum absolute atomic E-state index is 0.187. The van der Waals surface area contributed by atoms with Crippen LogP contribution in [-0.4, -0.2) is 47.5 Å². The van der Waals surface area contributed by atoms with Crippen LogP contribution in [0.1, 0.15) is 12.0 Å². The SMILES string of the molecule is O=C1CC2(OC(=O)CN(Cc3ccccc3)CC(=O)O2)C(=O)N1. The van der Waals surface area contributed by atoms with Gasteiger partial charge in [0.2, 0.25) is 5.91 Å². The van der Waals surface area contributed by atoms with Gasteiger partial charge in [0.05, 0.1) is 13.1 Å². The average Bonchev–Trinajstić information content (AvgIpc) is 2.72. The van der Waals surface area contributed by atoms with Crippen molar-refractivity contribution in [3.8, 4) is 0 Å². The Morgan fingerprint density at radius 2 is 1.61 bits per heavy atom. The Hall–Kier alpha value is -2.74. The minimum atomic E-state index is -2.16. The zero-order valence-electron chi connectivity index (χ0n) is 12.1. The topological polar surface area (TPSA) is 102 Å². The van der Waals surface area contributed by atoms with E-state index in [1.54, 1.807) is 4.90 Å². The van der Waals surface area contributed by atoms with Gasteiger partial charge in [0.25, 0.3) is 0 Å². The van der Waals surface area contributed by atoms with Crippen LogP contribution in [0.4, 0.5) is 0 Å². The summed E-state index contributed by atoms with van der Waals surface area (Å²) >= 11 is 0. The molecule has 1 aromatic carbocycles. The van der Waals surface area contributed by atoms with Crippen LogP contribution < -0.4 is 5.32 Å². The van der Waals surface area contributed by atoms with E-state index in [-0.39, 0.29) is 13.1 Å². The second-order valence-corrected chi connectivity index (χ2v) is 5.39. The molecule has 0 saturated carbocycles. The molecule has 0 unspecified atom stereocenters. The average molecular weight is 318 g/mol. The first-order chi connectivity index (χ1) is 11.0. The number of benzene rings is 1. The zero-order valence-corrected chi connectivity index (χ0v) is 12.1. The summed E-state index contributed by atoms with van der Waals surface area (Å²) in [5, 5.41) is 1.97. The lowest BCUT2D eigenvalue weighted by Crippen LogP contribution is -2.52. The molecule has 2 aliphatic rings. The van der Waals surface area contributed by atoms with E-state index in [0.717, 1.165) is 5.56 Å². The zero-order chi connectivity index (χ0) is 16.4. The normalized spacial score (nSPS) is 21.4. The molecule has 8 nitrogen and oxygen atoms in total. The van der Waals surface area contributed by atoms with Crippen molar-refractivity contribution >= 4 is 23.8 Å². The number of nitrogens with zero attached hydrogens (tertiary/aromatic N) is 1. The number of hydrogen-bond donors (Lipinski definition) is 1. The van der Waals surface area contributed by atoms with Crippen molar-refractivity contribution in [3.05, 3.63) is 35.9 Å². The maximum absolute atomic E-state index is 12.0. The van der Waals surface area contributed by atoms with E-state index in [9.17, 15) is 19.2 Å². The third kappa shape index (κ3) is 3.21. The Balaban J connectivity index is 1.75. The smallest absolute Gasteiger partial charge is 0.345 e.